The molecular weight excluding hydrogens is 421 g/mol. The summed E-state index contributed by atoms with van der Waals surface area (Å²) in [4.78, 5) is 19.0. The lowest BCUT2D eigenvalue weighted by molar-refractivity contribution is 0.0769. The Bertz CT molecular complexity index is 1150. The van der Waals surface area contributed by atoms with Crippen LogP contribution in [0.25, 0.3) is 5.69 Å². The summed E-state index contributed by atoms with van der Waals surface area (Å²) in [5, 5.41) is 0.516. The number of morpholine rings is 1. The number of hydrogen-bond acceptors (Lipinski definition) is 5. The number of halogens is 2. The van der Waals surface area contributed by atoms with Crippen LogP contribution in [-0.4, -0.2) is 42.0 Å². The fourth-order valence-corrected chi connectivity index (χ4v) is 4.06. The maximum Gasteiger partial charge on any atom is 0.258 e. The van der Waals surface area contributed by atoms with Crippen LogP contribution in [0.15, 0.2) is 53.3 Å². The highest BCUT2D eigenvalue weighted by atomic mass is 35.5. The van der Waals surface area contributed by atoms with Gasteiger partial charge in [0.1, 0.15) is 24.0 Å². The number of aryl methyl sites for hydroxylation is 2. The average Bonchev–Trinajstić information content (AvgIpc) is 2.72. The Hall–Kier alpha value is -2.90. The molecule has 0 radical (unpaired) electrons. The van der Waals surface area contributed by atoms with Crippen LogP contribution in [0.4, 0.5) is 10.1 Å². The van der Waals surface area contributed by atoms with E-state index < -0.39 is 0 Å². The molecule has 0 amide bonds. The Morgan fingerprint density at radius 3 is 2.81 bits per heavy atom. The number of hydrogen-bond donors (Lipinski definition) is 0. The zero-order chi connectivity index (χ0) is 22.0. The third kappa shape index (κ3) is 4.73. The largest absolute Gasteiger partial charge is 0.491 e. The predicted molar refractivity (Wildman–Crippen MR) is 118 cm³/mol. The van der Waals surface area contributed by atoms with Crippen molar-refractivity contribution in [1.29, 1.82) is 0 Å². The lowest BCUT2D eigenvalue weighted by atomic mass is 10.1. The number of anilines is 1. The molecule has 0 N–H and O–H groups in total. The molecule has 1 unspecified atom stereocenters. The molecule has 2 aromatic carbocycles. The van der Waals surface area contributed by atoms with E-state index in [4.69, 9.17) is 21.1 Å². The lowest BCUT2D eigenvalue weighted by Gasteiger charge is -2.37. The maximum atomic E-state index is 13.4. The van der Waals surface area contributed by atoms with Crippen molar-refractivity contribution in [3.63, 3.8) is 0 Å². The lowest BCUT2D eigenvalue weighted by Crippen LogP contribution is -2.49. The van der Waals surface area contributed by atoms with Gasteiger partial charge < -0.3 is 14.4 Å². The monoisotopic (exact) mass is 443 g/mol. The topological polar surface area (TPSA) is 56.6 Å². The van der Waals surface area contributed by atoms with Crippen molar-refractivity contribution in [2.75, 3.05) is 31.3 Å². The second-order valence-corrected chi connectivity index (χ2v) is 7.85. The minimum absolute atomic E-state index is 0.0918. The van der Waals surface area contributed by atoms with Crippen LogP contribution in [-0.2, 0) is 4.74 Å². The Labute approximate surface area is 184 Å². The molecule has 0 saturated carbocycles. The second kappa shape index (κ2) is 9.08. The van der Waals surface area contributed by atoms with Crippen molar-refractivity contribution in [2.24, 2.45) is 0 Å². The van der Waals surface area contributed by atoms with Crippen molar-refractivity contribution in [3.8, 4) is 11.4 Å². The summed E-state index contributed by atoms with van der Waals surface area (Å²) >= 11 is 6.64. The van der Waals surface area contributed by atoms with Crippen molar-refractivity contribution in [3.05, 3.63) is 81.2 Å². The zero-order valence-corrected chi connectivity index (χ0v) is 18.1. The van der Waals surface area contributed by atoms with Crippen LogP contribution in [0.2, 0.25) is 5.02 Å². The molecule has 1 fully saturated rings. The Morgan fingerprint density at radius 2 is 2.06 bits per heavy atom. The molecule has 8 heteroatoms. The van der Waals surface area contributed by atoms with Crippen LogP contribution in [0.5, 0.6) is 5.75 Å². The molecule has 0 bridgehead atoms. The molecule has 1 aliphatic heterocycles. The first kappa shape index (κ1) is 21.3. The molecule has 0 aliphatic carbocycles. The highest BCUT2D eigenvalue weighted by Crippen LogP contribution is 2.31. The summed E-state index contributed by atoms with van der Waals surface area (Å²) in [7, 11) is 0. The molecule has 162 valence electrons. The summed E-state index contributed by atoms with van der Waals surface area (Å²) in [6, 6.07) is 13.0. The Balaban J connectivity index is 1.58. The summed E-state index contributed by atoms with van der Waals surface area (Å²) in [6.45, 7) is 5.57. The number of nitrogens with zero attached hydrogens (tertiary/aromatic N) is 3. The quantitative estimate of drug-likeness (QED) is 0.598. The van der Waals surface area contributed by atoms with Crippen LogP contribution in [0.1, 0.15) is 11.5 Å². The number of ether oxygens (including phenoxy) is 2. The first-order valence-electron chi connectivity index (χ1n) is 10.0. The van der Waals surface area contributed by atoms with Crippen LogP contribution < -0.4 is 15.2 Å². The molecule has 1 atom stereocenters. The standard InChI is InChI=1S/C23H23ClFN3O3/c1-15-10-23(29)28(16(2)26-15)18-6-7-22(21(24)12-18)27-8-9-30-13-19(27)14-31-20-5-3-4-17(25)11-20/h3-7,10-12,19H,8-9,13-14H2,1-2H3. The number of rotatable bonds is 5. The third-order valence-electron chi connectivity index (χ3n) is 5.18. The van der Waals surface area contributed by atoms with Gasteiger partial charge in [-0.1, -0.05) is 17.7 Å². The van der Waals surface area contributed by atoms with Gasteiger partial charge in [-0.15, -0.1) is 0 Å². The zero-order valence-electron chi connectivity index (χ0n) is 17.3. The van der Waals surface area contributed by atoms with E-state index >= 15 is 0 Å². The van der Waals surface area contributed by atoms with E-state index in [1.807, 2.05) is 12.1 Å². The fraction of sp³-hybridized carbons (Fsp3) is 0.304. The van der Waals surface area contributed by atoms with Gasteiger partial charge in [-0.25, -0.2) is 9.37 Å². The maximum absolute atomic E-state index is 13.4. The highest BCUT2D eigenvalue weighted by molar-refractivity contribution is 6.33. The molecule has 2 heterocycles. The van der Waals surface area contributed by atoms with Crippen LogP contribution >= 0.6 is 11.6 Å². The van der Waals surface area contributed by atoms with Gasteiger partial charge in [0.25, 0.3) is 5.56 Å². The summed E-state index contributed by atoms with van der Waals surface area (Å²) in [5.74, 6) is 0.722. The molecule has 1 saturated heterocycles. The van der Waals surface area contributed by atoms with Gasteiger partial charge in [-0.05, 0) is 44.2 Å². The van der Waals surface area contributed by atoms with Crippen molar-refractivity contribution < 1.29 is 13.9 Å². The SMILES string of the molecule is Cc1cc(=O)n(-c2ccc(N3CCOCC3COc3cccc(F)c3)c(Cl)c2)c(C)n1. The van der Waals surface area contributed by atoms with Crippen LogP contribution in [0, 0.1) is 19.7 Å². The van der Waals surface area contributed by atoms with E-state index in [-0.39, 0.29) is 17.4 Å². The molecule has 31 heavy (non-hydrogen) atoms. The van der Waals surface area contributed by atoms with Crippen molar-refractivity contribution in [1.82, 2.24) is 9.55 Å². The number of aromatic nitrogens is 2. The van der Waals surface area contributed by atoms with E-state index in [0.717, 1.165) is 5.69 Å². The number of benzene rings is 2. The molecule has 3 aromatic rings. The normalized spacial score (nSPS) is 16.4. The van der Waals surface area contributed by atoms with E-state index in [2.05, 4.69) is 9.88 Å². The Morgan fingerprint density at radius 1 is 1.23 bits per heavy atom. The minimum atomic E-state index is -0.344. The highest BCUT2D eigenvalue weighted by Gasteiger charge is 2.26. The predicted octanol–water partition coefficient (Wildman–Crippen LogP) is 3.93. The second-order valence-electron chi connectivity index (χ2n) is 7.44. The molecule has 4 rings (SSSR count). The van der Waals surface area contributed by atoms with E-state index in [0.29, 0.717) is 54.3 Å². The minimum Gasteiger partial charge on any atom is -0.491 e. The fourth-order valence-electron chi connectivity index (χ4n) is 3.78. The van der Waals surface area contributed by atoms with Gasteiger partial charge in [0, 0.05) is 24.4 Å². The van der Waals surface area contributed by atoms with Gasteiger partial charge in [0.05, 0.1) is 35.7 Å². The van der Waals surface area contributed by atoms with Crippen molar-refractivity contribution >= 4 is 17.3 Å². The molecule has 0 spiro atoms. The van der Waals surface area contributed by atoms with E-state index in [1.165, 1.54) is 22.8 Å². The van der Waals surface area contributed by atoms with Crippen LogP contribution in [0.3, 0.4) is 0 Å². The smallest absolute Gasteiger partial charge is 0.258 e. The van der Waals surface area contributed by atoms with E-state index in [1.54, 1.807) is 32.0 Å². The van der Waals surface area contributed by atoms with Crippen molar-refractivity contribution in [2.45, 2.75) is 19.9 Å². The van der Waals surface area contributed by atoms with Gasteiger partial charge in [-0.3, -0.25) is 9.36 Å². The van der Waals surface area contributed by atoms with Gasteiger partial charge in [0.2, 0.25) is 0 Å². The van der Waals surface area contributed by atoms with E-state index in [9.17, 15) is 9.18 Å². The Kier molecular flexibility index (Phi) is 6.25. The first-order valence-corrected chi connectivity index (χ1v) is 10.4. The molecule has 6 nitrogen and oxygen atoms in total. The van der Waals surface area contributed by atoms with Gasteiger partial charge in [-0.2, -0.15) is 0 Å². The van der Waals surface area contributed by atoms with Gasteiger partial charge in [0.15, 0.2) is 0 Å². The molecule has 1 aliphatic rings. The summed E-state index contributed by atoms with van der Waals surface area (Å²) in [5.41, 5.74) is 2.01. The van der Waals surface area contributed by atoms with Gasteiger partial charge >= 0.3 is 0 Å². The third-order valence-corrected chi connectivity index (χ3v) is 5.48. The molecular formula is C23H23ClFN3O3. The molecule has 1 aromatic heterocycles. The first-order chi connectivity index (χ1) is 14.9. The summed E-state index contributed by atoms with van der Waals surface area (Å²) < 4.78 is 26.4. The summed E-state index contributed by atoms with van der Waals surface area (Å²) in [6.07, 6.45) is 0. The average molecular weight is 444 g/mol.